The molecule has 0 aliphatic carbocycles. The lowest BCUT2D eigenvalue weighted by Crippen LogP contribution is -2.50. The highest BCUT2D eigenvalue weighted by molar-refractivity contribution is 5.94. The molecule has 0 radical (unpaired) electrons. The molecular formula is C17H16F3N7O2. The Labute approximate surface area is 162 Å². The number of hydrogen-bond donors (Lipinski definition) is 3. The number of anilines is 2. The number of carbonyl (C=O) groups is 1. The molecule has 0 aromatic carbocycles. The van der Waals surface area contributed by atoms with Gasteiger partial charge in [-0.2, -0.15) is 13.2 Å². The summed E-state index contributed by atoms with van der Waals surface area (Å²) in [6.45, 7) is -0.710. The van der Waals surface area contributed by atoms with E-state index < -0.39 is 18.7 Å². The molecular weight excluding hydrogens is 391 g/mol. The molecule has 4 N–H and O–H groups in total. The Kier molecular flexibility index (Phi) is 4.70. The molecule has 1 aliphatic rings. The quantitative estimate of drug-likeness (QED) is 0.588. The summed E-state index contributed by atoms with van der Waals surface area (Å²) in [5.41, 5.74) is 6.95. The summed E-state index contributed by atoms with van der Waals surface area (Å²) in [6, 6.07) is 3.14. The van der Waals surface area contributed by atoms with Gasteiger partial charge in [0.15, 0.2) is 18.2 Å². The van der Waals surface area contributed by atoms with Gasteiger partial charge in [0.1, 0.15) is 5.65 Å². The van der Waals surface area contributed by atoms with Crippen LogP contribution in [-0.4, -0.2) is 50.6 Å². The van der Waals surface area contributed by atoms with Crippen molar-refractivity contribution < 1.29 is 22.7 Å². The summed E-state index contributed by atoms with van der Waals surface area (Å²) in [7, 11) is 0. The highest BCUT2D eigenvalue weighted by Crippen LogP contribution is 2.25. The van der Waals surface area contributed by atoms with Gasteiger partial charge in [0.25, 0.3) is 5.88 Å². The molecule has 0 saturated carbocycles. The Morgan fingerprint density at radius 3 is 2.83 bits per heavy atom. The van der Waals surface area contributed by atoms with Crippen molar-refractivity contribution in [3.8, 4) is 17.1 Å². The van der Waals surface area contributed by atoms with E-state index in [1.165, 1.54) is 6.20 Å². The van der Waals surface area contributed by atoms with Crippen molar-refractivity contribution in [2.75, 3.05) is 24.2 Å². The van der Waals surface area contributed by atoms with Crippen LogP contribution >= 0.6 is 0 Å². The number of nitrogens with two attached hydrogens (primary N) is 1. The molecule has 152 valence electrons. The molecule has 1 unspecified atom stereocenters. The number of fused-ring (bicyclic) bond motifs is 1. The molecule has 9 nitrogen and oxygen atoms in total. The number of nitrogens with one attached hydrogen (secondary N) is 2. The predicted molar refractivity (Wildman–Crippen MR) is 97.2 cm³/mol. The van der Waals surface area contributed by atoms with Gasteiger partial charge in [-0.15, -0.1) is 0 Å². The van der Waals surface area contributed by atoms with Gasteiger partial charge in [-0.25, -0.2) is 15.0 Å². The van der Waals surface area contributed by atoms with Crippen molar-refractivity contribution in [2.24, 2.45) is 0 Å². The second-order valence-corrected chi connectivity index (χ2v) is 6.44. The lowest BCUT2D eigenvalue weighted by molar-refractivity contribution is -0.154. The first-order valence-corrected chi connectivity index (χ1v) is 8.64. The van der Waals surface area contributed by atoms with E-state index in [1.54, 1.807) is 28.9 Å². The van der Waals surface area contributed by atoms with Crippen LogP contribution in [0.3, 0.4) is 0 Å². The first-order chi connectivity index (χ1) is 13.8. The van der Waals surface area contributed by atoms with Gasteiger partial charge >= 0.3 is 6.18 Å². The summed E-state index contributed by atoms with van der Waals surface area (Å²) in [5.74, 6) is -0.406. The van der Waals surface area contributed by atoms with E-state index in [0.29, 0.717) is 17.0 Å². The Bertz CT molecular complexity index is 1060. The van der Waals surface area contributed by atoms with Gasteiger partial charge in [-0.1, -0.05) is 0 Å². The first-order valence-electron chi connectivity index (χ1n) is 8.64. The van der Waals surface area contributed by atoms with Crippen molar-refractivity contribution in [1.29, 1.82) is 0 Å². The normalized spacial score (nSPS) is 16.4. The van der Waals surface area contributed by atoms with Crippen molar-refractivity contribution in [3.05, 3.63) is 30.7 Å². The third kappa shape index (κ3) is 4.21. The van der Waals surface area contributed by atoms with Crippen LogP contribution in [0.25, 0.3) is 16.9 Å². The Morgan fingerprint density at radius 1 is 1.34 bits per heavy atom. The molecule has 4 rings (SSSR count). The van der Waals surface area contributed by atoms with Crippen LogP contribution in [0.5, 0.6) is 5.88 Å². The van der Waals surface area contributed by atoms with E-state index >= 15 is 0 Å². The van der Waals surface area contributed by atoms with Crippen LogP contribution < -0.4 is 21.1 Å². The molecule has 1 aliphatic heterocycles. The minimum absolute atomic E-state index is 0.157. The first kappa shape index (κ1) is 18.9. The molecule has 3 aromatic heterocycles. The standard InChI is InChI=1S/C17H16F3N7O2/c18-17(19,20)8-29-16-14(21)23-5-11(24-16)9-1-2-13-25-12(7-27(13)6-9)26-15(28)10-3-4-22-10/h1-2,5-7,10,22H,3-4,8H2,(H2,21,23)(H,26,28). The predicted octanol–water partition coefficient (Wildman–Crippen LogP) is 1.61. The van der Waals surface area contributed by atoms with E-state index in [1.807, 2.05) is 0 Å². The number of aromatic nitrogens is 4. The number of nitrogen functional groups attached to an aromatic ring is 1. The van der Waals surface area contributed by atoms with Gasteiger partial charge in [0.2, 0.25) is 5.91 Å². The fraction of sp³-hybridized carbons (Fsp3) is 0.294. The number of alkyl halides is 3. The van der Waals surface area contributed by atoms with E-state index in [2.05, 4.69) is 30.3 Å². The van der Waals surface area contributed by atoms with Crippen molar-refractivity contribution >= 4 is 23.2 Å². The third-order valence-electron chi connectivity index (χ3n) is 4.28. The zero-order valence-corrected chi connectivity index (χ0v) is 14.9. The summed E-state index contributed by atoms with van der Waals surface area (Å²) in [5, 5.41) is 5.74. The summed E-state index contributed by atoms with van der Waals surface area (Å²) in [6.07, 6.45) is 0.876. The summed E-state index contributed by atoms with van der Waals surface area (Å²) in [4.78, 5) is 24.2. The number of amides is 1. The highest BCUT2D eigenvalue weighted by atomic mass is 19.4. The Hall–Kier alpha value is -3.41. The minimum Gasteiger partial charge on any atom is -0.465 e. The average Bonchev–Trinajstić information content (AvgIpc) is 3.00. The highest BCUT2D eigenvalue weighted by Gasteiger charge is 2.29. The van der Waals surface area contributed by atoms with E-state index in [4.69, 9.17) is 5.73 Å². The van der Waals surface area contributed by atoms with Crippen LogP contribution in [0.2, 0.25) is 0 Å². The Morgan fingerprint density at radius 2 is 2.14 bits per heavy atom. The molecule has 4 heterocycles. The average molecular weight is 407 g/mol. The van der Waals surface area contributed by atoms with Crippen molar-refractivity contribution in [3.63, 3.8) is 0 Å². The second kappa shape index (κ2) is 7.20. The maximum atomic E-state index is 12.4. The van der Waals surface area contributed by atoms with Crippen LogP contribution in [0.15, 0.2) is 30.7 Å². The molecule has 29 heavy (non-hydrogen) atoms. The lowest BCUT2D eigenvalue weighted by atomic mass is 10.1. The molecule has 3 aromatic rings. The second-order valence-electron chi connectivity index (χ2n) is 6.44. The smallest absolute Gasteiger partial charge is 0.422 e. The number of halogens is 3. The fourth-order valence-electron chi connectivity index (χ4n) is 2.71. The third-order valence-corrected chi connectivity index (χ3v) is 4.28. The number of pyridine rings is 1. The fourth-order valence-corrected chi connectivity index (χ4v) is 2.71. The molecule has 1 fully saturated rings. The molecule has 1 saturated heterocycles. The van der Waals surface area contributed by atoms with Crippen molar-refractivity contribution in [2.45, 2.75) is 18.6 Å². The van der Waals surface area contributed by atoms with E-state index in [-0.39, 0.29) is 23.5 Å². The number of hydrogen-bond acceptors (Lipinski definition) is 7. The lowest BCUT2D eigenvalue weighted by Gasteiger charge is -2.25. The van der Waals surface area contributed by atoms with Crippen LogP contribution in [0.1, 0.15) is 6.42 Å². The minimum atomic E-state index is -4.52. The topological polar surface area (TPSA) is 119 Å². The number of ether oxygens (including phenoxy) is 1. The summed E-state index contributed by atoms with van der Waals surface area (Å²) < 4.78 is 43.4. The van der Waals surface area contributed by atoms with Gasteiger partial charge in [-0.3, -0.25) is 4.79 Å². The monoisotopic (exact) mass is 407 g/mol. The number of imidazole rings is 1. The molecule has 0 spiro atoms. The SMILES string of the molecule is Nc1ncc(-c2ccc3nc(NC(=O)C4CCN4)cn3c2)nc1OCC(F)(F)F. The van der Waals surface area contributed by atoms with Crippen LogP contribution in [0.4, 0.5) is 24.8 Å². The summed E-state index contributed by atoms with van der Waals surface area (Å²) >= 11 is 0. The molecule has 0 bridgehead atoms. The largest absolute Gasteiger partial charge is 0.465 e. The molecule has 1 atom stereocenters. The molecule has 12 heteroatoms. The van der Waals surface area contributed by atoms with Gasteiger partial charge < -0.3 is 25.5 Å². The van der Waals surface area contributed by atoms with E-state index in [0.717, 1.165) is 13.0 Å². The zero-order valence-electron chi connectivity index (χ0n) is 14.9. The van der Waals surface area contributed by atoms with Crippen molar-refractivity contribution in [1.82, 2.24) is 24.7 Å². The Balaban J connectivity index is 1.56. The van der Waals surface area contributed by atoms with Crippen LogP contribution in [-0.2, 0) is 4.79 Å². The number of nitrogens with zero attached hydrogens (tertiary/aromatic N) is 4. The molecule has 1 amide bonds. The van der Waals surface area contributed by atoms with Gasteiger partial charge in [0.05, 0.1) is 24.1 Å². The van der Waals surface area contributed by atoms with E-state index in [9.17, 15) is 18.0 Å². The number of rotatable bonds is 5. The zero-order chi connectivity index (χ0) is 20.6. The maximum Gasteiger partial charge on any atom is 0.422 e. The van der Waals surface area contributed by atoms with Gasteiger partial charge in [0, 0.05) is 11.8 Å². The van der Waals surface area contributed by atoms with Gasteiger partial charge in [-0.05, 0) is 25.1 Å². The number of carbonyl (C=O) groups excluding carboxylic acids is 1. The van der Waals surface area contributed by atoms with Crippen LogP contribution in [0, 0.1) is 0 Å². The maximum absolute atomic E-state index is 12.4.